The number of nitrogens with one attached hydrogen (secondary N) is 1. The van der Waals surface area contributed by atoms with Crippen molar-refractivity contribution >= 4 is 5.97 Å². The molecular formula is C16H22N2O2. The predicted octanol–water partition coefficient (Wildman–Crippen LogP) is 2.10. The fourth-order valence-electron chi connectivity index (χ4n) is 2.98. The zero-order chi connectivity index (χ0) is 14.3. The van der Waals surface area contributed by atoms with E-state index in [9.17, 15) is 4.79 Å². The van der Waals surface area contributed by atoms with Crippen molar-refractivity contribution in [1.29, 1.82) is 0 Å². The Bertz CT molecular complexity index is 527. The van der Waals surface area contributed by atoms with E-state index in [4.69, 9.17) is 4.74 Å². The largest absolute Gasteiger partial charge is 0.426 e. The molecular weight excluding hydrogens is 252 g/mol. The van der Waals surface area contributed by atoms with Crippen molar-refractivity contribution in [1.82, 2.24) is 10.2 Å². The van der Waals surface area contributed by atoms with E-state index in [0.29, 0.717) is 18.0 Å². The summed E-state index contributed by atoms with van der Waals surface area (Å²) in [5.74, 6) is 0.397. The number of carbonyl (C=O) groups excluding carboxylic acids is 1. The molecule has 0 aromatic heterocycles. The van der Waals surface area contributed by atoms with E-state index in [1.165, 1.54) is 11.1 Å². The molecule has 2 aliphatic rings. The molecule has 4 nitrogen and oxygen atoms in total. The molecule has 2 atom stereocenters. The Morgan fingerprint density at radius 1 is 1.45 bits per heavy atom. The maximum Gasteiger partial charge on any atom is 0.313 e. The van der Waals surface area contributed by atoms with Crippen molar-refractivity contribution in [2.24, 2.45) is 5.92 Å². The topological polar surface area (TPSA) is 41.6 Å². The van der Waals surface area contributed by atoms with Crippen LogP contribution in [-0.4, -0.2) is 30.6 Å². The minimum atomic E-state index is -0.171. The Hall–Kier alpha value is -1.39. The highest BCUT2D eigenvalue weighted by molar-refractivity contribution is 5.74. The van der Waals surface area contributed by atoms with E-state index in [2.05, 4.69) is 23.3 Å². The third-order valence-electron chi connectivity index (χ3n) is 4.29. The summed E-state index contributed by atoms with van der Waals surface area (Å²) in [6.45, 7) is 4.81. The Labute approximate surface area is 120 Å². The molecule has 20 heavy (non-hydrogen) atoms. The van der Waals surface area contributed by atoms with Gasteiger partial charge in [0.15, 0.2) is 0 Å². The second-order valence-corrected chi connectivity index (χ2v) is 6.14. The van der Waals surface area contributed by atoms with Crippen molar-refractivity contribution in [2.45, 2.75) is 38.9 Å². The molecule has 1 fully saturated rings. The third-order valence-corrected chi connectivity index (χ3v) is 4.29. The van der Waals surface area contributed by atoms with Gasteiger partial charge in [-0.2, -0.15) is 0 Å². The lowest BCUT2D eigenvalue weighted by atomic mass is 9.88. The third kappa shape index (κ3) is 2.45. The van der Waals surface area contributed by atoms with Crippen LogP contribution in [0.2, 0.25) is 0 Å². The van der Waals surface area contributed by atoms with Crippen molar-refractivity contribution in [3.63, 3.8) is 0 Å². The highest BCUT2D eigenvalue weighted by Crippen LogP contribution is 2.34. The number of fused-ring (bicyclic) bond motifs is 4. The van der Waals surface area contributed by atoms with Gasteiger partial charge in [-0.15, -0.1) is 0 Å². The molecule has 4 heteroatoms. The minimum absolute atomic E-state index is 0.100. The standard InChI is InChI=1S/C16H22N2O2/c1-10(2)16(19)20-12-5-4-11-8-15-17-14(13(11)9-12)6-7-18(15)3/h4-5,9-10,14-15,17H,6-8H2,1-3H3. The molecule has 0 amide bonds. The van der Waals surface area contributed by atoms with Crippen LogP contribution in [0.15, 0.2) is 18.2 Å². The van der Waals surface area contributed by atoms with Gasteiger partial charge in [-0.1, -0.05) is 19.9 Å². The smallest absolute Gasteiger partial charge is 0.313 e. The Morgan fingerprint density at radius 2 is 2.25 bits per heavy atom. The molecule has 2 aliphatic heterocycles. The van der Waals surface area contributed by atoms with Crippen LogP contribution < -0.4 is 10.1 Å². The number of nitrogens with zero attached hydrogens (tertiary/aromatic N) is 1. The number of benzene rings is 1. The molecule has 108 valence electrons. The van der Waals surface area contributed by atoms with Gasteiger partial charge < -0.3 is 4.74 Å². The first kappa shape index (κ1) is 13.6. The second-order valence-electron chi connectivity index (χ2n) is 6.14. The molecule has 0 saturated carbocycles. The molecule has 3 rings (SSSR count). The van der Waals surface area contributed by atoms with Crippen LogP contribution in [0.4, 0.5) is 0 Å². The van der Waals surface area contributed by atoms with E-state index in [-0.39, 0.29) is 11.9 Å². The summed E-state index contributed by atoms with van der Waals surface area (Å²) in [6.07, 6.45) is 2.55. The summed E-state index contributed by atoms with van der Waals surface area (Å²) >= 11 is 0. The van der Waals surface area contributed by atoms with Crippen LogP contribution in [-0.2, 0) is 11.2 Å². The van der Waals surface area contributed by atoms with Crippen LogP contribution >= 0.6 is 0 Å². The zero-order valence-electron chi connectivity index (χ0n) is 12.3. The molecule has 1 saturated heterocycles. The van der Waals surface area contributed by atoms with Gasteiger partial charge in [0.25, 0.3) is 0 Å². The molecule has 0 aliphatic carbocycles. The summed E-state index contributed by atoms with van der Waals surface area (Å²) in [4.78, 5) is 14.1. The summed E-state index contributed by atoms with van der Waals surface area (Å²) in [7, 11) is 2.16. The number of carbonyl (C=O) groups is 1. The Kier molecular flexibility index (Phi) is 3.52. The molecule has 1 aromatic carbocycles. The maximum absolute atomic E-state index is 11.7. The molecule has 2 bridgehead atoms. The zero-order valence-corrected chi connectivity index (χ0v) is 12.3. The fourth-order valence-corrected chi connectivity index (χ4v) is 2.98. The molecule has 0 radical (unpaired) electrons. The lowest BCUT2D eigenvalue weighted by Gasteiger charge is -2.43. The number of hydrogen-bond acceptors (Lipinski definition) is 4. The lowest BCUT2D eigenvalue weighted by Crippen LogP contribution is -2.54. The van der Waals surface area contributed by atoms with Gasteiger partial charge in [0, 0.05) is 19.0 Å². The summed E-state index contributed by atoms with van der Waals surface area (Å²) in [5.41, 5.74) is 2.66. The van der Waals surface area contributed by atoms with E-state index in [0.717, 1.165) is 19.4 Å². The number of esters is 1. The van der Waals surface area contributed by atoms with E-state index >= 15 is 0 Å². The van der Waals surface area contributed by atoms with Gasteiger partial charge >= 0.3 is 5.97 Å². The van der Waals surface area contributed by atoms with Gasteiger partial charge in [-0.25, -0.2) is 0 Å². The second kappa shape index (κ2) is 5.19. The molecule has 1 aromatic rings. The van der Waals surface area contributed by atoms with Crippen molar-refractivity contribution < 1.29 is 9.53 Å². The van der Waals surface area contributed by atoms with Crippen molar-refractivity contribution in [2.75, 3.05) is 13.6 Å². The number of ether oxygens (including phenoxy) is 1. The van der Waals surface area contributed by atoms with Gasteiger partial charge in [0.2, 0.25) is 0 Å². The quantitative estimate of drug-likeness (QED) is 0.662. The van der Waals surface area contributed by atoms with Crippen LogP contribution in [0.3, 0.4) is 0 Å². The lowest BCUT2D eigenvalue weighted by molar-refractivity contribution is -0.137. The Morgan fingerprint density at radius 3 is 3.00 bits per heavy atom. The normalized spacial score (nSPS) is 25.4. The SMILES string of the molecule is CC(C)C(=O)Oc1ccc2c(c1)C1CCN(C)C(C2)N1. The van der Waals surface area contributed by atoms with Gasteiger partial charge in [-0.3, -0.25) is 15.0 Å². The summed E-state index contributed by atoms with van der Waals surface area (Å²) in [6, 6.07) is 6.45. The van der Waals surface area contributed by atoms with Crippen LogP contribution in [0.1, 0.15) is 37.4 Å². The monoisotopic (exact) mass is 274 g/mol. The van der Waals surface area contributed by atoms with Crippen LogP contribution in [0, 0.1) is 5.92 Å². The minimum Gasteiger partial charge on any atom is -0.426 e. The first-order valence-electron chi connectivity index (χ1n) is 7.35. The van der Waals surface area contributed by atoms with Crippen LogP contribution in [0.5, 0.6) is 5.75 Å². The van der Waals surface area contributed by atoms with E-state index in [1.807, 2.05) is 26.0 Å². The van der Waals surface area contributed by atoms with E-state index < -0.39 is 0 Å². The van der Waals surface area contributed by atoms with Gasteiger partial charge in [0.05, 0.1) is 12.1 Å². The molecule has 2 unspecified atom stereocenters. The molecule has 0 spiro atoms. The van der Waals surface area contributed by atoms with Crippen molar-refractivity contribution in [3.05, 3.63) is 29.3 Å². The first-order valence-corrected chi connectivity index (χ1v) is 7.35. The van der Waals surface area contributed by atoms with Gasteiger partial charge in [-0.05, 0) is 36.7 Å². The highest BCUT2D eigenvalue weighted by atomic mass is 16.5. The summed E-state index contributed by atoms with van der Waals surface area (Å²) in [5, 5.41) is 3.65. The average molecular weight is 274 g/mol. The molecule has 1 N–H and O–H groups in total. The first-order chi connectivity index (χ1) is 9.54. The number of likely N-dealkylation sites (N-methyl/N-ethyl adjacent to an activating group) is 1. The summed E-state index contributed by atoms with van der Waals surface area (Å²) < 4.78 is 5.42. The Balaban J connectivity index is 1.84. The average Bonchev–Trinajstić information content (AvgIpc) is 2.43. The predicted molar refractivity (Wildman–Crippen MR) is 77.5 cm³/mol. The van der Waals surface area contributed by atoms with Gasteiger partial charge in [0.1, 0.15) is 5.75 Å². The van der Waals surface area contributed by atoms with Crippen LogP contribution in [0.25, 0.3) is 0 Å². The van der Waals surface area contributed by atoms with Crippen molar-refractivity contribution in [3.8, 4) is 5.75 Å². The number of rotatable bonds is 2. The maximum atomic E-state index is 11.7. The fraction of sp³-hybridized carbons (Fsp3) is 0.562. The highest BCUT2D eigenvalue weighted by Gasteiger charge is 2.32. The van der Waals surface area contributed by atoms with E-state index in [1.54, 1.807) is 0 Å². The number of hydrogen-bond donors (Lipinski definition) is 1. The molecule has 2 heterocycles.